The summed E-state index contributed by atoms with van der Waals surface area (Å²) >= 11 is 0. The van der Waals surface area contributed by atoms with Gasteiger partial charge in [0.05, 0.1) is 12.7 Å². The summed E-state index contributed by atoms with van der Waals surface area (Å²) < 4.78 is 5.40. The molecule has 2 aromatic rings. The second kappa shape index (κ2) is 4.30. The first-order valence-corrected chi connectivity index (χ1v) is 4.41. The number of oxazole rings is 1. The normalized spacial score (nSPS) is 9.60. The SMILES string of the molecule is [N-]=[N+]=NCc1cnc(-c2ccccc2)o1. The summed E-state index contributed by atoms with van der Waals surface area (Å²) in [7, 11) is 0. The van der Waals surface area contributed by atoms with Crippen molar-refractivity contribution in [2.75, 3.05) is 0 Å². The summed E-state index contributed by atoms with van der Waals surface area (Å²) in [6.07, 6.45) is 1.57. The van der Waals surface area contributed by atoms with Crippen molar-refractivity contribution >= 4 is 0 Å². The Hall–Kier alpha value is -2.26. The zero-order valence-corrected chi connectivity index (χ0v) is 7.87. The predicted octanol–water partition coefficient (Wildman–Crippen LogP) is 3.15. The molecule has 0 aliphatic rings. The van der Waals surface area contributed by atoms with Crippen LogP contribution in [0.4, 0.5) is 0 Å². The van der Waals surface area contributed by atoms with Crippen LogP contribution >= 0.6 is 0 Å². The average Bonchev–Trinajstić information content (AvgIpc) is 2.76. The largest absolute Gasteiger partial charge is 0.441 e. The molecule has 1 heterocycles. The molecule has 0 atom stereocenters. The second-order valence-electron chi connectivity index (χ2n) is 2.89. The van der Waals surface area contributed by atoms with Crippen molar-refractivity contribution < 1.29 is 4.42 Å². The minimum atomic E-state index is 0.191. The number of nitrogens with zero attached hydrogens (tertiary/aromatic N) is 4. The van der Waals surface area contributed by atoms with E-state index >= 15 is 0 Å². The van der Waals surface area contributed by atoms with Gasteiger partial charge < -0.3 is 4.42 Å². The fourth-order valence-electron chi connectivity index (χ4n) is 1.20. The summed E-state index contributed by atoms with van der Waals surface area (Å²) in [4.78, 5) is 6.74. The highest BCUT2D eigenvalue weighted by atomic mass is 16.4. The number of azide groups is 1. The molecular weight excluding hydrogens is 192 g/mol. The Kier molecular flexibility index (Phi) is 2.67. The molecule has 15 heavy (non-hydrogen) atoms. The third kappa shape index (κ3) is 2.15. The van der Waals surface area contributed by atoms with Crippen LogP contribution in [0.5, 0.6) is 0 Å². The summed E-state index contributed by atoms with van der Waals surface area (Å²) in [6, 6.07) is 9.55. The third-order valence-corrected chi connectivity index (χ3v) is 1.86. The van der Waals surface area contributed by atoms with Crippen molar-refractivity contribution in [3.63, 3.8) is 0 Å². The summed E-state index contributed by atoms with van der Waals surface area (Å²) in [5.41, 5.74) is 9.05. The Morgan fingerprint density at radius 1 is 1.33 bits per heavy atom. The molecule has 0 N–H and O–H groups in total. The predicted molar refractivity (Wildman–Crippen MR) is 54.8 cm³/mol. The first kappa shape index (κ1) is 9.30. The summed E-state index contributed by atoms with van der Waals surface area (Å²) in [6.45, 7) is 0.191. The molecule has 0 saturated heterocycles. The molecule has 0 amide bonds. The van der Waals surface area contributed by atoms with E-state index in [4.69, 9.17) is 9.95 Å². The molecule has 5 heteroatoms. The molecule has 1 aromatic heterocycles. The number of hydrogen-bond donors (Lipinski definition) is 0. The van der Waals surface area contributed by atoms with Crippen LogP contribution in [-0.4, -0.2) is 4.98 Å². The molecule has 0 saturated carbocycles. The fraction of sp³-hybridized carbons (Fsp3) is 0.100. The van der Waals surface area contributed by atoms with E-state index in [9.17, 15) is 0 Å². The molecule has 0 unspecified atom stereocenters. The van der Waals surface area contributed by atoms with Crippen molar-refractivity contribution in [3.8, 4) is 11.5 Å². The monoisotopic (exact) mass is 200 g/mol. The highest BCUT2D eigenvalue weighted by molar-refractivity contribution is 5.52. The van der Waals surface area contributed by atoms with E-state index in [2.05, 4.69) is 15.0 Å². The Morgan fingerprint density at radius 3 is 2.87 bits per heavy atom. The second-order valence-corrected chi connectivity index (χ2v) is 2.89. The molecular formula is C10H8N4O. The van der Waals surface area contributed by atoms with E-state index in [1.165, 1.54) is 0 Å². The van der Waals surface area contributed by atoms with Gasteiger partial charge in [-0.2, -0.15) is 0 Å². The van der Waals surface area contributed by atoms with Gasteiger partial charge in [0.1, 0.15) is 5.76 Å². The smallest absolute Gasteiger partial charge is 0.226 e. The lowest BCUT2D eigenvalue weighted by molar-refractivity contribution is 0.520. The molecule has 0 bridgehead atoms. The minimum Gasteiger partial charge on any atom is -0.441 e. The van der Waals surface area contributed by atoms with E-state index in [-0.39, 0.29) is 6.54 Å². The zero-order valence-electron chi connectivity index (χ0n) is 7.87. The lowest BCUT2D eigenvalue weighted by Gasteiger charge is -1.92. The van der Waals surface area contributed by atoms with Gasteiger partial charge in [0.2, 0.25) is 5.89 Å². The van der Waals surface area contributed by atoms with Crippen molar-refractivity contribution in [2.24, 2.45) is 5.11 Å². The van der Waals surface area contributed by atoms with Crippen molar-refractivity contribution in [3.05, 3.63) is 52.7 Å². The quantitative estimate of drug-likeness (QED) is 0.433. The van der Waals surface area contributed by atoms with Crippen molar-refractivity contribution in [2.45, 2.75) is 6.54 Å². The van der Waals surface area contributed by atoms with Crippen LogP contribution in [0.1, 0.15) is 5.76 Å². The van der Waals surface area contributed by atoms with Gasteiger partial charge in [0, 0.05) is 10.5 Å². The van der Waals surface area contributed by atoms with Gasteiger partial charge in [-0.1, -0.05) is 23.3 Å². The summed E-state index contributed by atoms with van der Waals surface area (Å²) in [5.74, 6) is 1.10. The van der Waals surface area contributed by atoms with Crippen LogP contribution < -0.4 is 0 Å². The third-order valence-electron chi connectivity index (χ3n) is 1.86. The van der Waals surface area contributed by atoms with E-state index in [0.29, 0.717) is 11.7 Å². The van der Waals surface area contributed by atoms with Crippen LogP contribution in [0, 0.1) is 0 Å². The topological polar surface area (TPSA) is 74.8 Å². The Morgan fingerprint density at radius 2 is 2.13 bits per heavy atom. The fourth-order valence-corrected chi connectivity index (χ4v) is 1.20. The van der Waals surface area contributed by atoms with Gasteiger partial charge >= 0.3 is 0 Å². The van der Waals surface area contributed by atoms with Crippen molar-refractivity contribution in [1.82, 2.24) is 4.98 Å². The Bertz CT molecular complexity index is 485. The van der Waals surface area contributed by atoms with Crippen molar-refractivity contribution in [1.29, 1.82) is 0 Å². The molecule has 2 rings (SSSR count). The van der Waals surface area contributed by atoms with Gasteiger partial charge in [0.25, 0.3) is 0 Å². The molecule has 0 spiro atoms. The van der Waals surface area contributed by atoms with Crippen LogP contribution in [0.25, 0.3) is 21.9 Å². The van der Waals surface area contributed by atoms with Crippen LogP contribution in [0.2, 0.25) is 0 Å². The van der Waals surface area contributed by atoms with Crippen LogP contribution in [0.15, 0.2) is 46.1 Å². The molecule has 0 radical (unpaired) electrons. The maximum atomic E-state index is 8.15. The Balaban J connectivity index is 2.24. The zero-order chi connectivity index (χ0) is 10.5. The van der Waals surface area contributed by atoms with Gasteiger partial charge in [-0.15, -0.1) is 0 Å². The van der Waals surface area contributed by atoms with Gasteiger partial charge in [-0.3, -0.25) is 0 Å². The van der Waals surface area contributed by atoms with Crippen LogP contribution in [0.3, 0.4) is 0 Å². The molecule has 0 aliphatic heterocycles. The first-order chi connectivity index (χ1) is 7.40. The molecule has 5 nitrogen and oxygen atoms in total. The summed E-state index contributed by atoms with van der Waals surface area (Å²) in [5, 5.41) is 3.40. The Labute approximate surface area is 86.0 Å². The standard InChI is InChI=1S/C10H8N4O/c11-14-13-7-9-6-12-10(15-9)8-4-2-1-3-5-8/h1-6H,7H2. The van der Waals surface area contributed by atoms with E-state index in [0.717, 1.165) is 5.56 Å². The van der Waals surface area contributed by atoms with E-state index in [1.807, 2.05) is 30.3 Å². The first-order valence-electron chi connectivity index (χ1n) is 4.41. The number of rotatable bonds is 3. The van der Waals surface area contributed by atoms with Gasteiger partial charge in [-0.05, 0) is 17.7 Å². The number of aromatic nitrogens is 1. The average molecular weight is 200 g/mol. The highest BCUT2D eigenvalue weighted by Crippen LogP contribution is 2.18. The number of hydrogen-bond acceptors (Lipinski definition) is 3. The van der Waals surface area contributed by atoms with Crippen LogP contribution in [-0.2, 0) is 6.54 Å². The highest BCUT2D eigenvalue weighted by Gasteiger charge is 2.04. The molecule has 0 aliphatic carbocycles. The maximum Gasteiger partial charge on any atom is 0.226 e. The lowest BCUT2D eigenvalue weighted by atomic mass is 10.2. The molecule has 74 valence electrons. The van der Waals surface area contributed by atoms with Gasteiger partial charge in [0.15, 0.2) is 0 Å². The molecule has 0 fully saturated rings. The lowest BCUT2D eigenvalue weighted by Crippen LogP contribution is -1.74. The molecule has 1 aromatic carbocycles. The van der Waals surface area contributed by atoms with E-state index < -0.39 is 0 Å². The maximum absolute atomic E-state index is 8.15. The minimum absolute atomic E-state index is 0.191. The van der Waals surface area contributed by atoms with E-state index in [1.54, 1.807) is 6.20 Å². The van der Waals surface area contributed by atoms with Gasteiger partial charge in [-0.25, -0.2) is 4.98 Å². The number of benzene rings is 1.